The van der Waals surface area contributed by atoms with Gasteiger partial charge in [0.05, 0.1) is 15.8 Å². The molecule has 234 valence electrons. The number of rotatable bonds is 5. The molecule has 0 aliphatic carbocycles. The Balaban J connectivity index is 1.26. The van der Waals surface area contributed by atoms with Crippen LogP contribution in [0.1, 0.15) is 0 Å². The summed E-state index contributed by atoms with van der Waals surface area (Å²) in [7, 11) is 0. The molecule has 0 saturated carbocycles. The van der Waals surface area contributed by atoms with Crippen molar-refractivity contribution in [3.63, 3.8) is 0 Å². The van der Waals surface area contributed by atoms with Gasteiger partial charge in [-0.25, -0.2) is 19.9 Å². The van der Waals surface area contributed by atoms with Crippen molar-refractivity contribution in [1.82, 2.24) is 19.9 Å². The van der Waals surface area contributed by atoms with Gasteiger partial charge in [0.25, 0.3) is 0 Å². The van der Waals surface area contributed by atoms with E-state index in [1.807, 2.05) is 72.8 Å². The summed E-state index contributed by atoms with van der Waals surface area (Å²) in [6.45, 7) is 0. The smallest absolute Gasteiger partial charge is 0.167 e. The van der Waals surface area contributed by atoms with Crippen molar-refractivity contribution in [3.05, 3.63) is 158 Å². The average Bonchev–Trinajstić information content (AvgIpc) is 3.80. The fraction of sp³-hybridized carbons (Fsp3) is 0. The van der Waals surface area contributed by atoms with E-state index in [1.54, 1.807) is 11.3 Å². The molecule has 0 spiro atoms. The zero-order valence-corrected chi connectivity index (χ0v) is 27.4. The van der Waals surface area contributed by atoms with Gasteiger partial charge >= 0.3 is 0 Å². The van der Waals surface area contributed by atoms with Crippen molar-refractivity contribution >= 4 is 54.3 Å². The number of para-hydroxylation sites is 1. The molecular formula is C44H26N4OS. The van der Waals surface area contributed by atoms with Crippen molar-refractivity contribution in [3.8, 4) is 55.9 Å². The topological polar surface area (TPSA) is 64.7 Å². The van der Waals surface area contributed by atoms with Crippen LogP contribution < -0.4 is 0 Å². The molecule has 3 heterocycles. The largest absolute Gasteiger partial charge is 0.455 e. The fourth-order valence-electron chi connectivity index (χ4n) is 6.78. The second-order valence-corrected chi connectivity index (χ2v) is 13.2. The second-order valence-electron chi connectivity index (χ2n) is 12.2. The lowest BCUT2D eigenvalue weighted by atomic mass is 9.95. The molecule has 0 aliphatic heterocycles. The third kappa shape index (κ3) is 4.77. The first-order valence-electron chi connectivity index (χ1n) is 16.5. The van der Waals surface area contributed by atoms with Crippen LogP contribution in [0.25, 0.3) is 98.8 Å². The van der Waals surface area contributed by atoms with Crippen molar-refractivity contribution in [2.75, 3.05) is 0 Å². The summed E-state index contributed by atoms with van der Waals surface area (Å²) in [5.74, 6) is 1.71. The third-order valence-electron chi connectivity index (χ3n) is 9.14. The van der Waals surface area contributed by atoms with Crippen LogP contribution in [0.3, 0.4) is 0 Å². The number of benzene rings is 7. The second kappa shape index (κ2) is 11.6. The molecule has 0 aliphatic rings. The number of hydrogen-bond donors (Lipinski definition) is 0. The van der Waals surface area contributed by atoms with Gasteiger partial charge in [-0.2, -0.15) is 0 Å². The quantitative estimate of drug-likeness (QED) is 0.184. The van der Waals surface area contributed by atoms with Crippen LogP contribution in [0.2, 0.25) is 0 Å². The SMILES string of the molecule is c1ccc(-c2nc(-c3cc(-c4ccccc4)c4ccccc4c3)nc(-c3cc4nc(-c5ccccc5)sc4c4c3oc3ccccc34)n2)cc1. The van der Waals surface area contributed by atoms with E-state index in [4.69, 9.17) is 24.4 Å². The molecule has 3 aromatic heterocycles. The van der Waals surface area contributed by atoms with Crippen molar-refractivity contribution < 1.29 is 4.42 Å². The molecule has 0 radical (unpaired) electrons. The predicted molar refractivity (Wildman–Crippen MR) is 205 cm³/mol. The monoisotopic (exact) mass is 658 g/mol. The molecule has 0 fully saturated rings. The molecule has 0 amide bonds. The van der Waals surface area contributed by atoms with Gasteiger partial charge in [-0.3, -0.25) is 0 Å². The maximum absolute atomic E-state index is 6.67. The summed E-state index contributed by atoms with van der Waals surface area (Å²) in [4.78, 5) is 20.6. The fourth-order valence-corrected chi connectivity index (χ4v) is 7.89. The van der Waals surface area contributed by atoms with E-state index in [-0.39, 0.29) is 0 Å². The molecule has 0 atom stereocenters. The van der Waals surface area contributed by atoms with Crippen LogP contribution in [-0.2, 0) is 0 Å². The molecule has 0 bridgehead atoms. The van der Waals surface area contributed by atoms with E-state index in [0.717, 1.165) is 75.9 Å². The minimum atomic E-state index is 0.531. The van der Waals surface area contributed by atoms with Crippen LogP contribution in [0.5, 0.6) is 0 Å². The van der Waals surface area contributed by atoms with Gasteiger partial charge in [-0.1, -0.05) is 133 Å². The molecule has 0 N–H and O–H groups in total. The number of furan rings is 1. The minimum Gasteiger partial charge on any atom is -0.455 e. The molecule has 10 aromatic rings. The average molecular weight is 659 g/mol. The van der Waals surface area contributed by atoms with E-state index < -0.39 is 0 Å². The highest BCUT2D eigenvalue weighted by Gasteiger charge is 2.23. The van der Waals surface area contributed by atoms with E-state index in [1.165, 1.54) is 5.39 Å². The van der Waals surface area contributed by atoms with Gasteiger partial charge < -0.3 is 4.42 Å². The standard InChI is InChI=1S/C44H26N4OS/c1-4-14-27(15-5-1)34-25-31(24-30-20-10-11-21-32(30)34)42-46-41(28-16-6-2-7-17-28)47-43(48-42)35-26-36-40(50-44(45-36)29-18-8-3-9-19-29)38-33-22-12-13-23-37(33)49-39(35)38/h1-26H. The molecule has 7 aromatic carbocycles. The Labute approximate surface area is 291 Å². The first-order valence-corrected chi connectivity index (χ1v) is 17.3. The molecule has 50 heavy (non-hydrogen) atoms. The number of nitrogens with zero attached hydrogens (tertiary/aromatic N) is 4. The maximum Gasteiger partial charge on any atom is 0.167 e. The summed E-state index contributed by atoms with van der Waals surface area (Å²) >= 11 is 1.68. The highest BCUT2D eigenvalue weighted by atomic mass is 32.1. The predicted octanol–water partition coefficient (Wildman–Crippen LogP) is 11.9. The van der Waals surface area contributed by atoms with Gasteiger partial charge in [0.1, 0.15) is 16.2 Å². The zero-order valence-electron chi connectivity index (χ0n) is 26.6. The van der Waals surface area contributed by atoms with E-state index in [0.29, 0.717) is 17.5 Å². The molecule has 10 rings (SSSR count). The molecule has 0 unspecified atom stereocenters. The van der Waals surface area contributed by atoms with Crippen molar-refractivity contribution in [2.45, 2.75) is 0 Å². The Hall–Kier alpha value is -6.50. The zero-order chi connectivity index (χ0) is 33.0. The summed E-state index contributed by atoms with van der Waals surface area (Å²) in [5, 5.41) is 5.30. The lowest BCUT2D eigenvalue weighted by molar-refractivity contribution is 0.670. The maximum atomic E-state index is 6.67. The Kier molecular flexibility index (Phi) is 6.60. The number of thiazole rings is 1. The Bertz CT molecular complexity index is 2860. The number of fused-ring (bicyclic) bond motifs is 6. The molecule has 6 heteroatoms. The lowest BCUT2D eigenvalue weighted by Crippen LogP contribution is -2.01. The van der Waals surface area contributed by atoms with Crippen LogP contribution >= 0.6 is 11.3 Å². The van der Waals surface area contributed by atoms with Gasteiger partial charge in [0.2, 0.25) is 0 Å². The van der Waals surface area contributed by atoms with Gasteiger partial charge in [0, 0.05) is 27.5 Å². The number of hydrogen-bond acceptors (Lipinski definition) is 6. The molecular weight excluding hydrogens is 633 g/mol. The molecule has 5 nitrogen and oxygen atoms in total. The van der Waals surface area contributed by atoms with E-state index in [2.05, 4.69) is 84.9 Å². The summed E-state index contributed by atoms with van der Waals surface area (Å²) < 4.78 is 7.74. The number of aromatic nitrogens is 4. The highest BCUT2D eigenvalue weighted by Crippen LogP contribution is 2.44. The van der Waals surface area contributed by atoms with Crippen LogP contribution in [0.4, 0.5) is 0 Å². The van der Waals surface area contributed by atoms with Crippen LogP contribution in [0, 0.1) is 0 Å². The Morgan fingerprint density at radius 3 is 1.80 bits per heavy atom. The molecule has 0 saturated heterocycles. The van der Waals surface area contributed by atoms with Gasteiger partial charge in [-0.05, 0) is 46.2 Å². The first-order chi connectivity index (χ1) is 24.8. The normalized spacial score (nSPS) is 11.6. The first kappa shape index (κ1) is 28.5. The van der Waals surface area contributed by atoms with Crippen LogP contribution in [-0.4, -0.2) is 19.9 Å². The summed E-state index contributed by atoms with van der Waals surface area (Å²) in [5.41, 5.74) is 8.35. The van der Waals surface area contributed by atoms with Gasteiger partial charge in [-0.15, -0.1) is 11.3 Å². The lowest BCUT2D eigenvalue weighted by Gasteiger charge is -2.12. The Morgan fingerprint density at radius 2 is 1.04 bits per heavy atom. The summed E-state index contributed by atoms with van der Waals surface area (Å²) in [6.07, 6.45) is 0. The van der Waals surface area contributed by atoms with Gasteiger partial charge in [0.15, 0.2) is 17.5 Å². The van der Waals surface area contributed by atoms with Crippen molar-refractivity contribution in [2.24, 2.45) is 0 Å². The van der Waals surface area contributed by atoms with Crippen molar-refractivity contribution in [1.29, 1.82) is 0 Å². The van der Waals surface area contributed by atoms with E-state index in [9.17, 15) is 0 Å². The van der Waals surface area contributed by atoms with E-state index >= 15 is 0 Å². The van der Waals surface area contributed by atoms with Crippen LogP contribution in [0.15, 0.2) is 162 Å². The third-order valence-corrected chi connectivity index (χ3v) is 10.3. The highest BCUT2D eigenvalue weighted by molar-refractivity contribution is 7.22. The Morgan fingerprint density at radius 1 is 0.440 bits per heavy atom. The minimum absolute atomic E-state index is 0.531. The summed E-state index contributed by atoms with van der Waals surface area (Å²) in [6, 6.07) is 53.9.